The zero-order valence-electron chi connectivity index (χ0n) is 10.8. The van der Waals surface area contributed by atoms with Gasteiger partial charge in [-0.1, -0.05) is 13.8 Å². The predicted molar refractivity (Wildman–Crippen MR) is 72.3 cm³/mol. The highest BCUT2D eigenvalue weighted by Crippen LogP contribution is 2.20. The third-order valence-electron chi connectivity index (χ3n) is 2.27. The van der Waals surface area contributed by atoms with Gasteiger partial charge in [0.15, 0.2) is 5.82 Å². The largest absolute Gasteiger partial charge is 0.394 e. The van der Waals surface area contributed by atoms with Gasteiger partial charge in [0, 0.05) is 13.1 Å². The lowest BCUT2D eigenvalue weighted by Crippen LogP contribution is -2.34. The molecule has 3 N–H and O–H groups in total. The van der Waals surface area contributed by atoms with Crippen molar-refractivity contribution in [1.82, 2.24) is 14.9 Å². The van der Waals surface area contributed by atoms with Crippen LogP contribution in [0.2, 0.25) is 5.28 Å². The quantitative estimate of drug-likeness (QED) is 0.786. The second kappa shape index (κ2) is 5.51. The van der Waals surface area contributed by atoms with Gasteiger partial charge in [-0.3, -0.25) is 0 Å². The number of hydrogen-bond acceptors (Lipinski definition) is 5. The van der Waals surface area contributed by atoms with Crippen molar-refractivity contribution >= 4 is 23.1 Å². The maximum atomic E-state index is 5.76. The van der Waals surface area contributed by atoms with Gasteiger partial charge in [0.05, 0.1) is 11.9 Å². The lowest BCUT2D eigenvalue weighted by atomic mass is 9.93. The molecule has 0 aromatic carbocycles. The van der Waals surface area contributed by atoms with Crippen LogP contribution in [0.1, 0.15) is 13.8 Å². The molecule has 0 saturated heterocycles. The summed E-state index contributed by atoms with van der Waals surface area (Å²) < 4.78 is 0. The molecule has 6 heteroatoms. The molecule has 0 amide bonds. The van der Waals surface area contributed by atoms with Crippen LogP contribution in [0.4, 0.5) is 11.5 Å². The number of anilines is 2. The SMILES string of the molecule is CN(C)CC(C)(C)CNc1nc(Cl)ncc1N. The highest BCUT2D eigenvalue weighted by molar-refractivity contribution is 6.28. The summed E-state index contributed by atoms with van der Waals surface area (Å²) in [5, 5.41) is 3.41. The molecule has 0 aliphatic heterocycles. The topological polar surface area (TPSA) is 67.1 Å². The van der Waals surface area contributed by atoms with Crippen LogP contribution in [-0.2, 0) is 0 Å². The first kappa shape index (κ1) is 14.0. The summed E-state index contributed by atoms with van der Waals surface area (Å²) in [6.45, 7) is 6.10. The third kappa shape index (κ3) is 4.75. The Balaban J connectivity index is 2.63. The van der Waals surface area contributed by atoms with E-state index in [1.165, 1.54) is 6.20 Å². The molecular formula is C11H20ClN5. The van der Waals surface area contributed by atoms with Gasteiger partial charge in [0.1, 0.15) is 0 Å². The van der Waals surface area contributed by atoms with Crippen molar-refractivity contribution in [2.24, 2.45) is 5.41 Å². The molecule has 0 aliphatic rings. The van der Waals surface area contributed by atoms with Gasteiger partial charge in [0.2, 0.25) is 5.28 Å². The van der Waals surface area contributed by atoms with Gasteiger partial charge in [-0.25, -0.2) is 4.98 Å². The highest BCUT2D eigenvalue weighted by Gasteiger charge is 2.19. The molecule has 0 fully saturated rings. The van der Waals surface area contributed by atoms with E-state index in [1.807, 2.05) is 0 Å². The molecule has 0 aliphatic carbocycles. The van der Waals surface area contributed by atoms with E-state index >= 15 is 0 Å². The van der Waals surface area contributed by atoms with E-state index in [1.54, 1.807) is 0 Å². The van der Waals surface area contributed by atoms with Crippen LogP contribution in [0, 0.1) is 5.41 Å². The van der Waals surface area contributed by atoms with Crippen molar-refractivity contribution < 1.29 is 0 Å². The minimum Gasteiger partial charge on any atom is -0.394 e. The van der Waals surface area contributed by atoms with E-state index in [2.05, 4.69) is 48.1 Å². The van der Waals surface area contributed by atoms with Crippen LogP contribution in [0.5, 0.6) is 0 Å². The minimum atomic E-state index is 0.118. The van der Waals surface area contributed by atoms with Gasteiger partial charge < -0.3 is 16.0 Å². The van der Waals surface area contributed by atoms with Crippen molar-refractivity contribution in [3.63, 3.8) is 0 Å². The van der Waals surface area contributed by atoms with E-state index in [0.717, 1.165) is 13.1 Å². The van der Waals surface area contributed by atoms with Crippen molar-refractivity contribution in [2.45, 2.75) is 13.8 Å². The minimum absolute atomic E-state index is 0.118. The van der Waals surface area contributed by atoms with Crippen LogP contribution in [0.25, 0.3) is 0 Å². The Morgan fingerprint density at radius 3 is 2.71 bits per heavy atom. The molecule has 0 atom stereocenters. The monoisotopic (exact) mass is 257 g/mol. The summed E-state index contributed by atoms with van der Waals surface area (Å²) in [4.78, 5) is 10.0. The number of nitrogen functional groups attached to an aromatic ring is 1. The molecule has 1 aromatic rings. The molecule has 0 spiro atoms. The molecule has 0 unspecified atom stereocenters. The summed E-state index contributed by atoms with van der Waals surface area (Å²) in [7, 11) is 4.11. The van der Waals surface area contributed by atoms with Gasteiger partial charge in [-0.2, -0.15) is 4.98 Å². The molecule has 1 rings (SSSR count). The smallest absolute Gasteiger partial charge is 0.224 e. The second-order valence-corrected chi connectivity index (χ2v) is 5.54. The average molecular weight is 258 g/mol. The molecule has 5 nitrogen and oxygen atoms in total. The Morgan fingerprint density at radius 2 is 2.12 bits per heavy atom. The van der Waals surface area contributed by atoms with Gasteiger partial charge in [-0.15, -0.1) is 0 Å². The van der Waals surface area contributed by atoms with Gasteiger partial charge >= 0.3 is 0 Å². The molecule has 1 heterocycles. The summed E-state index contributed by atoms with van der Waals surface area (Å²) in [5.41, 5.74) is 6.39. The predicted octanol–water partition coefficient (Wildman–Crippen LogP) is 1.71. The second-order valence-electron chi connectivity index (χ2n) is 5.20. The number of nitrogens with one attached hydrogen (secondary N) is 1. The van der Waals surface area contributed by atoms with Crippen molar-refractivity contribution in [1.29, 1.82) is 0 Å². The van der Waals surface area contributed by atoms with E-state index < -0.39 is 0 Å². The highest BCUT2D eigenvalue weighted by atomic mass is 35.5. The fraction of sp³-hybridized carbons (Fsp3) is 0.636. The zero-order chi connectivity index (χ0) is 13.1. The molecule has 0 bridgehead atoms. The van der Waals surface area contributed by atoms with Gasteiger partial charge in [0.25, 0.3) is 0 Å². The Bertz CT molecular complexity index is 378. The summed E-state index contributed by atoms with van der Waals surface area (Å²) in [5.74, 6) is 0.594. The van der Waals surface area contributed by atoms with Crippen molar-refractivity contribution in [2.75, 3.05) is 38.2 Å². The fourth-order valence-electron chi connectivity index (χ4n) is 1.75. The molecular weight excluding hydrogens is 238 g/mol. The summed E-state index contributed by atoms with van der Waals surface area (Å²) >= 11 is 5.73. The lowest BCUT2D eigenvalue weighted by molar-refractivity contribution is 0.254. The van der Waals surface area contributed by atoms with Crippen LogP contribution >= 0.6 is 11.6 Å². The van der Waals surface area contributed by atoms with Crippen LogP contribution in [0.3, 0.4) is 0 Å². The Kier molecular flexibility index (Phi) is 4.54. The molecule has 0 radical (unpaired) electrons. The maximum Gasteiger partial charge on any atom is 0.224 e. The average Bonchev–Trinajstić information content (AvgIpc) is 2.17. The Hall–Kier alpha value is -1.07. The molecule has 0 saturated carbocycles. The Labute approximate surface area is 107 Å². The van der Waals surface area contributed by atoms with Gasteiger partial charge in [-0.05, 0) is 31.1 Å². The number of nitrogens with two attached hydrogens (primary N) is 1. The summed E-state index contributed by atoms with van der Waals surface area (Å²) in [6.07, 6.45) is 1.51. The first-order valence-electron chi connectivity index (χ1n) is 5.47. The van der Waals surface area contributed by atoms with E-state index in [4.69, 9.17) is 17.3 Å². The van der Waals surface area contributed by atoms with Crippen molar-refractivity contribution in [3.8, 4) is 0 Å². The fourth-order valence-corrected chi connectivity index (χ4v) is 1.88. The number of aromatic nitrogens is 2. The zero-order valence-corrected chi connectivity index (χ0v) is 11.5. The number of halogens is 1. The Morgan fingerprint density at radius 1 is 1.47 bits per heavy atom. The van der Waals surface area contributed by atoms with Crippen LogP contribution < -0.4 is 11.1 Å². The number of nitrogens with zero attached hydrogens (tertiary/aromatic N) is 3. The first-order chi connectivity index (χ1) is 7.80. The van der Waals surface area contributed by atoms with E-state index in [9.17, 15) is 0 Å². The molecule has 96 valence electrons. The van der Waals surface area contributed by atoms with E-state index in [0.29, 0.717) is 11.5 Å². The van der Waals surface area contributed by atoms with Crippen molar-refractivity contribution in [3.05, 3.63) is 11.5 Å². The van der Waals surface area contributed by atoms with E-state index in [-0.39, 0.29) is 10.7 Å². The molecule has 1 aromatic heterocycles. The number of hydrogen-bond donors (Lipinski definition) is 2. The van der Waals surface area contributed by atoms with Crippen LogP contribution in [0.15, 0.2) is 6.20 Å². The molecule has 17 heavy (non-hydrogen) atoms. The number of rotatable bonds is 5. The standard InChI is InChI=1S/C11H20ClN5/c1-11(2,7-17(3)4)6-15-9-8(13)5-14-10(12)16-9/h5H,6-7,13H2,1-4H3,(H,14,15,16). The van der Waals surface area contributed by atoms with Crippen LogP contribution in [-0.4, -0.2) is 42.1 Å². The first-order valence-corrected chi connectivity index (χ1v) is 5.84. The normalized spacial score (nSPS) is 11.9. The lowest BCUT2D eigenvalue weighted by Gasteiger charge is -2.28. The maximum absolute atomic E-state index is 5.76. The third-order valence-corrected chi connectivity index (χ3v) is 2.45. The summed E-state index contributed by atoms with van der Waals surface area (Å²) in [6, 6.07) is 0.